The van der Waals surface area contributed by atoms with Crippen molar-refractivity contribution in [1.29, 1.82) is 0 Å². The molecule has 0 spiro atoms. The van der Waals surface area contributed by atoms with Gasteiger partial charge in [-0.05, 0) is 30.9 Å². The highest BCUT2D eigenvalue weighted by molar-refractivity contribution is 5.70. The number of carboxylic acids is 1. The molecular formula is C12H15NO3. The van der Waals surface area contributed by atoms with Crippen LogP contribution in [0.25, 0.3) is 0 Å². The SMILES string of the molecule is O=C(O)C(COc1cccnc1)C1CCC1. The maximum absolute atomic E-state index is 11.1. The predicted molar refractivity (Wildman–Crippen MR) is 58.2 cm³/mol. The molecule has 0 amide bonds. The zero-order valence-electron chi connectivity index (χ0n) is 9.00. The molecule has 1 atom stereocenters. The van der Waals surface area contributed by atoms with Crippen LogP contribution in [0.5, 0.6) is 5.75 Å². The molecule has 0 radical (unpaired) electrons. The second-order valence-corrected chi connectivity index (χ2v) is 4.14. The minimum atomic E-state index is -0.756. The first-order chi connectivity index (χ1) is 7.77. The summed E-state index contributed by atoms with van der Waals surface area (Å²) >= 11 is 0. The van der Waals surface area contributed by atoms with Crippen LogP contribution >= 0.6 is 0 Å². The Morgan fingerprint density at radius 1 is 1.62 bits per heavy atom. The van der Waals surface area contributed by atoms with Crippen molar-refractivity contribution >= 4 is 5.97 Å². The number of carboxylic acid groups (broad SMARTS) is 1. The molecule has 1 unspecified atom stereocenters. The first-order valence-corrected chi connectivity index (χ1v) is 5.53. The summed E-state index contributed by atoms with van der Waals surface area (Å²) in [7, 11) is 0. The lowest BCUT2D eigenvalue weighted by Gasteiger charge is -2.30. The van der Waals surface area contributed by atoms with Crippen molar-refractivity contribution in [3.63, 3.8) is 0 Å². The molecule has 1 aromatic heterocycles. The molecule has 2 rings (SSSR count). The molecular weight excluding hydrogens is 206 g/mol. The van der Waals surface area contributed by atoms with Gasteiger partial charge in [0.25, 0.3) is 0 Å². The molecule has 1 saturated carbocycles. The van der Waals surface area contributed by atoms with E-state index in [1.54, 1.807) is 24.5 Å². The predicted octanol–water partition coefficient (Wildman–Crippen LogP) is 1.96. The minimum Gasteiger partial charge on any atom is -0.491 e. The average Bonchev–Trinajstić information content (AvgIpc) is 2.22. The Hall–Kier alpha value is -1.58. The van der Waals surface area contributed by atoms with Gasteiger partial charge in [0.1, 0.15) is 12.4 Å². The number of ether oxygens (including phenoxy) is 1. The summed E-state index contributed by atoms with van der Waals surface area (Å²) in [4.78, 5) is 15.0. The third kappa shape index (κ3) is 2.51. The Balaban J connectivity index is 1.89. The second kappa shape index (κ2) is 4.96. The van der Waals surface area contributed by atoms with Crippen molar-refractivity contribution in [2.24, 2.45) is 11.8 Å². The van der Waals surface area contributed by atoms with Crippen LogP contribution in [0.3, 0.4) is 0 Å². The van der Waals surface area contributed by atoms with Gasteiger partial charge < -0.3 is 9.84 Å². The van der Waals surface area contributed by atoms with Crippen molar-refractivity contribution in [3.05, 3.63) is 24.5 Å². The van der Waals surface area contributed by atoms with Crippen LogP contribution in [0, 0.1) is 11.8 Å². The van der Waals surface area contributed by atoms with Gasteiger partial charge in [-0.3, -0.25) is 9.78 Å². The first-order valence-electron chi connectivity index (χ1n) is 5.53. The van der Waals surface area contributed by atoms with Gasteiger partial charge in [-0.15, -0.1) is 0 Å². The monoisotopic (exact) mass is 221 g/mol. The molecule has 0 bridgehead atoms. The van der Waals surface area contributed by atoms with Crippen LogP contribution in [0.1, 0.15) is 19.3 Å². The van der Waals surface area contributed by atoms with Crippen molar-refractivity contribution in [1.82, 2.24) is 4.98 Å². The highest BCUT2D eigenvalue weighted by Gasteiger charge is 2.33. The lowest BCUT2D eigenvalue weighted by molar-refractivity contribution is -0.146. The molecule has 0 aliphatic heterocycles. The van der Waals surface area contributed by atoms with Gasteiger partial charge in [-0.1, -0.05) is 6.42 Å². The van der Waals surface area contributed by atoms with Gasteiger partial charge in [0.05, 0.1) is 12.1 Å². The molecule has 1 aliphatic carbocycles. The summed E-state index contributed by atoms with van der Waals surface area (Å²) in [6.45, 7) is 0.242. The standard InChI is InChI=1S/C12H15NO3/c14-12(15)11(9-3-1-4-9)8-16-10-5-2-6-13-7-10/h2,5-7,9,11H,1,3-4,8H2,(H,14,15). The highest BCUT2D eigenvalue weighted by atomic mass is 16.5. The van der Waals surface area contributed by atoms with Crippen LogP contribution in [-0.2, 0) is 4.79 Å². The third-order valence-corrected chi connectivity index (χ3v) is 3.10. The van der Waals surface area contributed by atoms with Gasteiger partial charge in [0.2, 0.25) is 0 Å². The van der Waals surface area contributed by atoms with Gasteiger partial charge in [-0.25, -0.2) is 0 Å². The van der Waals surface area contributed by atoms with E-state index in [1.807, 2.05) is 0 Å². The average molecular weight is 221 g/mol. The van der Waals surface area contributed by atoms with E-state index in [2.05, 4.69) is 4.98 Å². The zero-order valence-corrected chi connectivity index (χ0v) is 9.00. The van der Waals surface area contributed by atoms with E-state index in [-0.39, 0.29) is 18.4 Å². The van der Waals surface area contributed by atoms with Crippen molar-refractivity contribution < 1.29 is 14.6 Å². The molecule has 1 aromatic rings. The molecule has 0 saturated heterocycles. The number of hydrogen-bond acceptors (Lipinski definition) is 3. The highest BCUT2D eigenvalue weighted by Crippen LogP contribution is 2.33. The van der Waals surface area contributed by atoms with E-state index in [4.69, 9.17) is 9.84 Å². The van der Waals surface area contributed by atoms with E-state index in [0.29, 0.717) is 5.75 Å². The normalized spacial score (nSPS) is 17.5. The van der Waals surface area contributed by atoms with Crippen LogP contribution < -0.4 is 4.74 Å². The summed E-state index contributed by atoms with van der Waals surface area (Å²) < 4.78 is 5.44. The topological polar surface area (TPSA) is 59.4 Å². The Kier molecular flexibility index (Phi) is 3.39. The van der Waals surface area contributed by atoms with Crippen LogP contribution in [0.4, 0.5) is 0 Å². The molecule has 1 heterocycles. The zero-order chi connectivity index (χ0) is 11.4. The molecule has 4 nitrogen and oxygen atoms in total. The molecule has 4 heteroatoms. The Morgan fingerprint density at radius 3 is 2.94 bits per heavy atom. The lowest BCUT2D eigenvalue weighted by atomic mass is 9.76. The molecule has 0 aromatic carbocycles. The largest absolute Gasteiger partial charge is 0.491 e. The number of aliphatic carboxylic acids is 1. The van der Waals surface area contributed by atoms with Gasteiger partial charge in [-0.2, -0.15) is 0 Å². The summed E-state index contributed by atoms with van der Waals surface area (Å²) in [6.07, 6.45) is 6.41. The van der Waals surface area contributed by atoms with E-state index >= 15 is 0 Å². The van der Waals surface area contributed by atoms with E-state index in [1.165, 1.54) is 0 Å². The molecule has 16 heavy (non-hydrogen) atoms. The van der Waals surface area contributed by atoms with Crippen molar-refractivity contribution in [2.75, 3.05) is 6.61 Å². The Labute approximate surface area is 94.3 Å². The second-order valence-electron chi connectivity index (χ2n) is 4.14. The smallest absolute Gasteiger partial charge is 0.310 e. The van der Waals surface area contributed by atoms with Crippen LogP contribution in [-0.4, -0.2) is 22.7 Å². The summed E-state index contributed by atoms with van der Waals surface area (Å²) in [6, 6.07) is 3.56. The van der Waals surface area contributed by atoms with Crippen molar-refractivity contribution in [3.8, 4) is 5.75 Å². The third-order valence-electron chi connectivity index (χ3n) is 3.10. The first kappa shape index (κ1) is 10.9. The molecule has 1 fully saturated rings. The van der Waals surface area contributed by atoms with Gasteiger partial charge in [0.15, 0.2) is 0 Å². The minimum absolute atomic E-state index is 0.242. The number of nitrogens with zero attached hydrogens (tertiary/aromatic N) is 1. The van der Waals surface area contributed by atoms with E-state index < -0.39 is 5.97 Å². The fourth-order valence-corrected chi connectivity index (χ4v) is 1.87. The van der Waals surface area contributed by atoms with Crippen LogP contribution in [0.2, 0.25) is 0 Å². The molecule has 1 N–H and O–H groups in total. The number of pyridine rings is 1. The quantitative estimate of drug-likeness (QED) is 0.825. The van der Waals surface area contributed by atoms with E-state index in [9.17, 15) is 4.79 Å². The van der Waals surface area contributed by atoms with Crippen LogP contribution in [0.15, 0.2) is 24.5 Å². The van der Waals surface area contributed by atoms with Gasteiger partial charge in [0, 0.05) is 6.20 Å². The number of carbonyl (C=O) groups is 1. The molecule has 86 valence electrons. The fourth-order valence-electron chi connectivity index (χ4n) is 1.87. The Bertz CT molecular complexity index is 349. The fraction of sp³-hybridized carbons (Fsp3) is 0.500. The summed E-state index contributed by atoms with van der Waals surface area (Å²) in [5.41, 5.74) is 0. The van der Waals surface area contributed by atoms with Gasteiger partial charge >= 0.3 is 5.97 Å². The maximum atomic E-state index is 11.1. The van der Waals surface area contributed by atoms with E-state index in [0.717, 1.165) is 19.3 Å². The summed E-state index contributed by atoms with van der Waals surface area (Å²) in [5.74, 6) is -0.218. The number of rotatable bonds is 5. The Morgan fingerprint density at radius 2 is 2.44 bits per heavy atom. The number of aromatic nitrogens is 1. The van der Waals surface area contributed by atoms with Crippen molar-refractivity contribution in [2.45, 2.75) is 19.3 Å². The lowest BCUT2D eigenvalue weighted by Crippen LogP contribution is -2.33. The number of hydrogen-bond donors (Lipinski definition) is 1. The molecule has 1 aliphatic rings. The summed E-state index contributed by atoms with van der Waals surface area (Å²) in [5, 5.41) is 9.09. The maximum Gasteiger partial charge on any atom is 0.310 e.